The van der Waals surface area contributed by atoms with Gasteiger partial charge in [-0.05, 0) is 12.8 Å². The standard InChI is InChI=1S/C12H22/c1-3-5-7-9-11-12-10-8-6-4-2/h3,5,7H,1,4,6,8-12H2,2H3/b7-5-. The molecule has 70 valence electrons. The van der Waals surface area contributed by atoms with Crippen molar-refractivity contribution in [1.29, 1.82) is 0 Å². The van der Waals surface area contributed by atoms with Crippen LogP contribution in [0, 0.1) is 0 Å². The first-order valence-corrected chi connectivity index (χ1v) is 5.19. The molecule has 0 atom stereocenters. The maximum absolute atomic E-state index is 3.63. The zero-order valence-corrected chi connectivity index (χ0v) is 8.39. The lowest BCUT2D eigenvalue weighted by Crippen LogP contribution is -1.77. The predicted octanol–water partition coefficient (Wildman–Crippen LogP) is 4.48. The Morgan fingerprint density at radius 1 is 1.00 bits per heavy atom. The first-order valence-electron chi connectivity index (χ1n) is 5.19. The number of rotatable bonds is 8. The van der Waals surface area contributed by atoms with E-state index in [1.807, 2.05) is 12.2 Å². The monoisotopic (exact) mass is 166 g/mol. The van der Waals surface area contributed by atoms with Crippen molar-refractivity contribution < 1.29 is 0 Å². The van der Waals surface area contributed by atoms with E-state index in [-0.39, 0.29) is 0 Å². The minimum Gasteiger partial charge on any atom is -0.0991 e. The number of unbranched alkanes of at least 4 members (excludes halogenated alkanes) is 6. The van der Waals surface area contributed by atoms with Gasteiger partial charge in [0, 0.05) is 0 Å². The summed E-state index contributed by atoms with van der Waals surface area (Å²) in [5.41, 5.74) is 0. The molecule has 0 aromatic rings. The summed E-state index contributed by atoms with van der Waals surface area (Å²) in [5, 5.41) is 0. The van der Waals surface area contributed by atoms with Gasteiger partial charge in [0.25, 0.3) is 0 Å². The first kappa shape index (κ1) is 11.5. The summed E-state index contributed by atoms with van der Waals surface area (Å²) in [7, 11) is 0. The Kier molecular flexibility index (Phi) is 10.0. The van der Waals surface area contributed by atoms with Gasteiger partial charge in [-0.2, -0.15) is 0 Å². The van der Waals surface area contributed by atoms with Crippen LogP contribution in [0.15, 0.2) is 24.8 Å². The SMILES string of the molecule is C=C/C=C\CCCCCCCC. The van der Waals surface area contributed by atoms with Crippen LogP contribution in [0.4, 0.5) is 0 Å². The molecule has 0 aromatic carbocycles. The summed E-state index contributed by atoms with van der Waals surface area (Å²) in [6.07, 6.45) is 15.6. The molecular weight excluding hydrogens is 144 g/mol. The minimum absolute atomic E-state index is 1.22. The molecule has 0 bridgehead atoms. The molecule has 0 aliphatic heterocycles. The molecule has 0 saturated carbocycles. The number of allylic oxidation sites excluding steroid dienone is 3. The van der Waals surface area contributed by atoms with Crippen molar-refractivity contribution in [3.05, 3.63) is 24.8 Å². The van der Waals surface area contributed by atoms with Crippen LogP contribution in [-0.4, -0.2) is 0 Å². The van der Waals surface area contributed by atoms with Crippen molar-refractivity contribution in [2.75, 3.05) is 0 Å². The molecule has 0 aliphatic rings. The van der Waals surface area contributed by atoms with Gasteiger partial charge in [0.2, 0.25) is 0 Å². The van der Waals surface area contributed by atoms with E-state index in [2.05, 4.69) is 19.6 Å². The number of hydrogen-bond acceptors (Lipinski definition) is 0. The van der Waals surface area contributed by atoms with Crippen molar-refractivity contribution >= 4 is 0 Å². The van der Waals surface area contributed by atoms with Gasteiger partial charge in [-0.3, -0.25) is 0 Å². The van der Waals surface area contributed by atoms with Crippen LogP contribution in [-0.2, 0) is 0 Å². The maximum Gasteiger partial charge on any atom is -0.0348 e. The summed E-state index contributed by atoms with van der Waals surface area (Å²) in [6.45, 7) is 5.89. The fourth-order valence-electron chi connectivity index (χ4n) is 1.23. The molecule has 0 heteroatoms. The highest BCUT2D eigenvalue weighted by atomic mass is 13.9. The van der Waals surface area contributed by atoms with E-state index in [1.165, 1.54) is 44.9 Å². The molecule has 0 saturated heterocycles. The van der Waals surface area contributed by atoms with Gasteiger partial charge in [-0.15, -0.1) is 0 Å². The van der Waals surface area contributed by atoms with Crippen LogP contribution in [0.5, 0.6) is 0 Å². The molecule has 0 N–H and O–H groups in total. The van der Waals surface area contributed by atoms with E-state index in [9.17, 15) is 0 Å². The van der Waals surface area contributed by atoms with Gasteiger partial charge in [0.1, 0.15) is 0 Å². The maximum atomic E-state index is 3.63. The molecule has 0 fully saturated rings. The lowest BCUT2D eigenvalue weighted by molar-refractivity contribution is 0.611. The van der Waals surface area contributed by atoms with E-state index in [4.69, 9.17) is 0 Å². The highest BCUT2D eigenvalue weighted by Crippen LogP contribution is 2.06. The molecule has 12 heavy (non-hydrogen) atoms. The molecule has 0 unspecified atom stereocenters. The van der Waals surface area contributed by atoms with E-state index >= 15 is 0 Å². The zero-order chi connectivity index (χ0) is 9.07. The Morgan fingerprint density at radius 3 is 2.33 bits per heavy atom. The largest absolute Gasteiger partial charge is 0.0991 e. The van der Waals surface area contributed by atoms with Crippen LogP contribution in [0.25, 0.3) is 0 Å². The van der Waals surface area contributed by atoms with Gasteiger partial charge >= 0.3 is 0 Å². The highest BCUT2D eigenvalue weighted by Gasteiger charge is 1.87. The van der Waals surface area contributed by atoms with Crippen LogP contribution in [0.3, 0.4) is 0 Å². The average molecular weight is 166 g/mol. The number of hydrogen-bond donors (Lipinski definition) is 0. The molecule has 0 radical (unpaired) electrons. The van der Waals surface area contributed by atoms with Gasteiger partial charge in [0.05, 0.1) is 0 Å². The molecular formula is C12H22. The van der Waals surface area contributed by atoms with E-state index in [0.29, 0.717) is 0 Å². The molecule has 0 heterocycles. The van der Waals surface area contributed by atoms with E-state index < -0.39 is 0 Å². The predicted molar refractivity (Wildman–Crippen MR) is 57.3 cm³/mol. The quantitative estimate of drug-likeness (QED) is 0.368. The van der Waals surface area contributed by atoms with Crippen LogP contribution >= 0.6 is 0 Å². The Labute approximate surface area is 77.4 Å². The molecule has 0 aromatic heterocycles. The average Bonchev–Trinajstić information content (AvgIpc) is 2.10. The molecule has 0 amide bonds. The van der Waals surface area contributed by atoms with Crippen molar-refractivity contribution in [2.45, 2.75) is 51.9 Å². The first-order chi connectivity index (χ1) is 5.91. The third-order valence-corrected chi connectivity index (χ3v) is 2.00. The van der Waals surface area contributed by atoms with Crippen LogP contribution in [0.1, 0.15) is 51.9 Å². The third kappa shape index (κ3) is 9.48. The van der Waals surface area contributed by atoms with Gasteiger partial charge in [-0.1, -0.05) is 63.8 Å². The Bertz CT molecular complexity index is 111. The second-order valence-corrected chi connectivity index (χ2v) is 3.22. The van der Waals surface area contributed by atoms with Crippen LogP contribution in [0.2, 0.25) is 0 Å². The summed E-state index contributed by atoms with van der Waals surface area (Å²) in [6, 6.07) is 0. The van der Waals surface area contributed by atoms with Crippen molar-refractivity contribution in [2.24, 2.45) is 0 Å². The Morgan fingerprint density at radius 2 is 1.67 bits per heavy atom. The summed E-state index contributed by atoms with van der Waals surface area (Å²) in [5.74, 6) is 0. The second kappa shape index (κ2) is 10.5. The minimum atomic E-state index is 1.22. The Balaban J connectivity index is 2.90. The highest BCUT2D eigenvalue weighted by molar-refractivity contribution is 4.96. The van der Waals surface area contributed by atoms with Gasteiger partial charge < -0.3 is 0 Å². The van der Waals surface area contributed by atoms with Gasteiger partial charge in [-0.25, -0.2) is 0 Å². The smallest absolute Gasteiger partial charge is 0.0348 e. The van der Waals surface area contributed by atoms with Crippen molar-refractivity contribution in [3.8, 4) is 0 Å². The summed E-state index contributed by atoms with van der Waals surface area (Å²) in [4.78, 5) is 0. The zero-order valence-electron chi connectivity index (χ0n) is 8.39. The summed E-state index contributed by atoms with van der Waals surface area (Å²) < 4.78 is 0. The third-order valence-electron chi connectivity index (χ3n) is 2.00. The summed E-state index contributed by atoms with van der Waals surface area (Å²) >= 11 is 0. The molecule has 0 spiro atoms. The fourth-order valence-corrected chi connectivity index (χ4v) is 1.23. The van der Waals surface area contributed by atoms with E-state index in [1.54, 1.807) is 0 Å². The molecule has 0 nitrogen and oxygen atoms in total. The normalized spacial score (nSPS) is 10.8. The lowest BCUT2D eigenvalue weighted by Gasteiger charge is -1.96. The topological polar surface area (TPSA) is 0 Å². The fraction of sp³-hybridized carbons (Fsp3) is 0.667. The van der Waals surface area contributed by atoms with Crippen molar-refractivity contribution in [1.82, 2.24) is 0 Å². The second-order valence-electron chi connectivity index (χ2n) is 3.22. The van der Waals surface area contributed by atoms with E-state index in [0.717, 1.165) is 0 Å². The van der Waals surface area contributed by atoms with Gasteiger partial charge in [0.15, 0.2) is 0 Å². The Hall–Kier alpha value is -0.520. The van der Waals surface area contributed by atoms with Crippen molar-refractivity contribution in [3.63, 3.8) is 0 Å². The van der Waals surface area contributed by atoms with Crippen LogP contribution < -0.4 is 0 Å². The molecule has 0 aliphatic carbocycles. The molecule has 0 rings (SSSR count). The lowest BCUT2D eigenvalue weighted by atomic mass is 10.1.